The standard InChI is InChI=1S/C51H97N2O6P/c1-6-8-10-12-14-16-18-20-22-23-24-25-26-27-28-29-31-32-34-36-38-40-42-44-50(54)49(48-59-60(56,57)58-47-46-53(3,4)5)52-51(55)45-43-41-39-37-35-33-30-21-19-17-15-13-11-9-7-2/h21,28-30,34,36,42,44,49-50,54H,6-20,22-27,31-33,35,37-41,43,45-48H2,1-5H3,(H-,52,55,56,57)/b29-28+,30-21-,36-34+,44-42+. The lowest BCUT2D eigenvalue weighted by Gasteiger charge is -2.29. The first-order chi connectivity index (χ1) is 29.0. The summed E-state index contributed by atoms with van der Waals surface area (Å²) in [5, 5.41) is 13.8. The first-order valence-corrected chi connectivity index (χ1v) is 26.5. The average Bonchev–Trinajstić information content (AvgIpc) is 3.20. The average molecular weight is 865 g/mol. The van der Waals surface area contributed by atoms with Crippen molar-refractivity contribution in [3.63, 3.8) is 0 Å². The Balaban J connectivity index is 4.41. The van der Waals surface area contributed by atoms with Gasteiger partial charge < -0.3 is 28.8 Å². The highest BCUT2D eigenvalue weighted by Gasteiger charge is 2.23. The summed E-state index contributed by atoms with van der Waals surface area (Å²) < 4.78 is 23.2. The number of allylic oxidation sites excluding steroid dienone is 7. The lowest BCUT2D eigenvalue weighted by atomic mass is 10.0. The minimum atomic E-state index is -4.60. The van der Waals surface area contributed by atoms with E-state index in [-0.39, 0.29) is 12.5 Å². The Morgan fingerprint density at radius 1 is 0.567 bits per heavy atom. The quantitative estimate of drug-likeness (QED) is 0.0273. The molecule has 0 aliphatic heterocycles. The minimum Gasteiger partial charge on any atom is -0.756 e. The van der Waals surface area contributed by atoms with Crippen LogP contribution in [-0.2, 0) is 18.4 Å². The third-order valence-electron chi connectivity index (χ3n) is 11.0. The van der Waals surface area contributed by atoms with Crippen molar-refractivity contribution in [1.29, 1.82) is 0 Å². The summed E-state index contributed by atoms with van der Waals surface area (Å²) in [4.78, 5) is 25.3. The van der Waals surface area contributed by atoms with Crippen LogP contribution in [-0.4, -0.2) is 68.5 Å². The molecular weight excluding hydrogens is 768 g/mol. The third-order valence-corrected chi connectivity index (χ3v) is 12.0. The molecule has 3 atom stereocenters. The largest absolute Gasteiger partial charge is 0.756 e. The van der Waals surface area contributed by atoms with Gasteiger partial charge >= 0.3 is 0 Å². The maximum absolute atomic E-state index is 12.9. The van der Waals surface area contributed by atoms with Crippen LogP contribution >= 0.6 is 7.82 Å². The van der Waals surface area contributed by atoms with Gasteiger partial charge in [-0.15, -0.1) is 0 Å². The molecule has 2 N–H and O–H groups in total. The molecule has 0 fully saturated rings. The summed E-state index contributed by atoms with van der Waals surface area (Å²) in [7, 11) is 1.23. The topological polar surface area (TPSA) is 108 Å². The summed E-state index contributed by atoms with van der Waals surface area (Å²) in [6, 6.07) is -0.914. The van der Waals surface area contributed by atoms with Gasteiger partial charge in [-0.05, 0) is 70.6 Å². The van der Waals surface area contributed by atoms with Crippen LogP contribution in [0.4, 0.5) is 0 Å². The van der Waals surface area contributed by atoms with Gasteiger partial charge in [0.05, 0.1) is 39.9 Å². The third kappa shape index (κ3) is 44.5. The fourth-order valence-electron chi connectivity index (χ4n) is 7.00. The van der Waals surface area contributed by atoms with E-state index in [4.69, 9.17) is 9.05 Å². The Kier molecular flexibility index (Phi) is 41.6. The highest BCUT2D eigenvalue weighted by atomic mass is 31.2. The second kappa shape index (κ2) is 42.7. The molecular formula is C51H97N2O6P. The molecule has 0 aliphatic carbocycles. The zero-order chi connectivity index (χ0) is 44.3. The van der Waals surface area contributed by atoms with Crippen molar-refractivity contribution in [3.8, 4) is 0 Å². The summed E-state index contributed by atoms with van der Waals surface area (Å²) in [5.74, 6) is -0.221. The fraction of sp³-hybridized carbons (Fsp3) is 0.824. The maximum Gasteiger partial charge on any atom is 0.268 e. The van der Waals surface area contributed by atoms with Crippen LogP contribution in [0.1, 0.15) is 219 Å². The molecule has 0 aromatic heterocycles. The van der Waals surface area contributed by atoms with Gasteiger partial charge in [-0.25, -0.2) is 0 Å². The van der Waals surface area contributed by atoms with E-state index in [0.717, 1.165) is 64.2 Å². The van der Waals surface area contributed by atoms with Gasteiger partial charge in [-0.2, -0.15) is 0 Å². The second-order valence-electron chi connectivity index (χ2n) is 18.1. The number of hydrogen-bond acceptors (Lipinski definition) is 6. The number of carbonyl (C=O) groups excluding carboxylic acids is 1. The van der Waals surface area contributed by atoms with Crippen LogP contribution < -0.4 is 10.2 Å². The van der Waals surface area contributed by atoms with Crippen LogP contribution in [0.3, 0.4) is 0 Å². The van der Waals surface area contributed by atoms with E-state index in [1.54, 1.807) is 6.08 Å². The maximum atomic E-state index is 12.9. The molecule has 1 amide bonds. The van der Waals surface area contributed by atoms with Gasteiger partial charge in [0.15, 0.2) is 0 Å². The molecule has 0 aliphatic rings. The number of carbonyl (C=O) groups is 1. The molecule has 0 aromatic rings. The smallest absolute Gasteiger partial charge is 0.268 e. The number of amides is 1. The summed E-state index contributed by atoms with van der Waals surface area (Å²) in [6.45, 7) is 4.61. The summed E-state index contributed by atoms with van der Waals surface area (Å²) >= 11 is 0. The van der Waals surface area contributed by atoms with Crippen molar-refractivity contribution < 1.29 is 32.9 Å². The lowest BCUT2D eigenvalue weighted by Crippen LogP contribution is -2.45. The number of hydrogen-bond donors (Lipinski definition) is 2. The van der Waals surface area contributed by atoms with Crippen molar-refractivity contribution in [3.05, 3.63) is 48.6 Å². The van der Waals surface area contributed by atoms with Crippen LogP contribution in [0.5, 0.6) is 0 Å². The van der Waals surface area contributed by atoms with Crippen LogP contribution in [0.15, 0.2) is 48.6 Å². The number of unbranched alkanes of at least 4 members (excludes halogenated alkanes) is 26. The van der Waals surface area contributed by atoms with Gasteiger partial charge in [0.2, 0.25) is 5.91 Å². The van der Waals surface area contributed by atoms with Gasteiger partial charge in [0, 0.05) is 6.42 Å². The minimum absolute atomic E-state index is 0.0114. The molecule has 0 aromatic carbocycles. The molecule has 60 heavy (non-hydrogen) atoms. The second-order valence-corrected chi connectivity index (χ2v) is 19.6. The predicted octanol–water partition coefficient (Wildman–Crippen LogP) is 13.8. The number of likely N-dealkylation sites (N-methyl/N-ethyl adjacent to an activating group) is 1. The molecule has 0 saturated heterocycles. The van der Waals surface area contributed by atoms with Crippen molar-refractivity contribution in [2.45, 2.75) is 231 Å². The summed E-state index contributed by atoms with van der Waals surface area (Å²) in [5.41, 5.74) is 0. The van der Waals surface area contributed by atoms with Crippen LogP contribution in [0, 0.1) is 0 Å². The number of rotatable bonds is 45. The molecule has 352 valence electrons. The number of nitrogens with zero attached hydrogens (tertiary/aromatic N) is 1. The first-order valence-electron chi connectivity index (χ1n) is 25.0. The van der Waals surface area contributed by atoms with Crippen molar-refractivity contribution >= 4 is 13.7 Å². The number of phosphoric acid groups is 1. The molecule has 0 bridgehead atoms. The van der Waals surface area contributed by atoms with Crippen molar-refractivity contribution in [1.82, 2.24) is 5.32 Å². The number of phosphoric ester groups is 1. The monoisotopic (exact) mass is 865 g/mol. The Bertz CT molecular complexity index is 1120. The van der Waals surface area contributed by atoms with E-state index in [9.17, 15) is 19.4 Å². The number of aliphatic hydroxyl groups excluding tert-OH is 1. The highest BCUT2D eigenvalue weighted by Crippen LogP contribution is 2.38. The van der Waals surface area contributed by atoms with Crippen LogP contribution in [0.2, 0.25) is 0 Å². The van der Waals surface area contributed by atoms with E-state index in [2.05, 4.69) is 55.6 Å². The molecule has 9 heteroatoms. The van der Waals surface area contributed by atoms with E-state index >= 15 is 0 Å². The number of nitrogens with one attached hydrogen (secondary N) is 1. The molecule has 0 spiro atoms. The zero-order valence-corrected chi connectivity index (χ0v) is 40.8. The van der Waals surface area contributed by atoms with E-state index < -0.39 is 26.6 Å². The van der Waals surface area contributed by atoms with Gasteiger partial charge in [-0.1, -0.05) is 191 Å². The predicted molar refractivity (Wildman–Crippen MR) is 256 cm³/mol. The fourth-order valence-corrected chi connectivity index (χ4v) is 7.73. The van der Waals surface area contributed by atoms with Gasteiger partial charge in [0.1, 0.15) is 13.2 Å². The Morgan fingerprint density at radius 3 is 1.35 bits per heavy atom. The van der Waals surface area contributed by atoms with Crippen LogP contribution in [0.25, 0.3) is 0 Å². The number of aliphatic hydroxyl groups is 1. The Labute approximate surface area is 371 Å². The van der Waals surface area contributed by atoms with Gasteiger partial charge in [0.25, 0.3) is 7.82 Å². The normalized spacial score (nSPS) is 14.6. The van der Waals surface area contributed by atoms with E-state index in [1.807, 2.05) is 27.2 Å². The SMILES string of the molecule is CCCCCCCC/C=C\CCCCCCCC(=O)NC(COP(=O)([O-])OCC[N+](C)(C)C)C(O)/C=C/CC/C=C/CC/C=C/CCCCCCCCCCCCCCC. The van der Waals surface area contributed by atoms with Crippen molar-refractivity contribution in [2.75, 3.05) is 40.9 Å². The Hall–Kier alpha value is -1.54. The molecule has 0 radical (unpaired) electrons. The molecule has 0 heterocycles. The lowest BCUT2D eigenvalue weighted by molar-refractivity contribution is -0.870. The Morgan fingerprint density at radius 2 is 0.933 bits per heavy atom. The molecule has 3 unspecified atom stereocenters. The van der Waals surface area contributed by atoms with Gasteiger partial charge in [-0.3, -0.25) is 9.36 Å². The zero-order valence-electron chi connectivity index (χ0n) is 39.9. The molecule has 0 rings (SSSR count). The van der Waals surface area contributed by atoms with E-state index in [1.165, 1.54) is 135 Å². The molecule has 0 saturated carbocycles. The first kappa shape index (κ1) is 58.5. The number of quaternary nitrogens is 1. The van der Waals surface area contributed by atoms with Crippen molar-refractivity contribution in [2.24, 2.45) is 0 Å². The highest BCUT2D eigenvalue weighted by molar-refractivity contribution is 7.45. The summed E-state index contributed by atoms with van der Waals surface area (Å²) in [6.07, 6.45) is 54.6. The molecule has 8 nitrogen and oxygen atoms in total. The van der Waals surface area contributed by atoms with E-state index in [0.29, 0.717) is 17.4 Å².